The van der Waals surface area contributed by atoms with Crippen LogP contribution < -0.4 is 5.32 Å². The zero-order valence-corrected chi connectivity index (χ0v) is 12.7. The van der Waals surface area contributed by atoms with E-state index in [-0.39, 0.29) is 5.91 Å². The quantitative estimate of drug-likeness (QED) is 0.772. The van der Waals surface area contributed by atoms with Crippen LogP contribution in [0.15, 0.2) is 24.4 Å². The summed E-state index contributed by atoms with van der Waals surface area (Å²) in [5, 5.41) is 19.2. The minimum atomic E-state index is -0.133. The predicted molar refractivity (Wildman–Crippen MR) is 84.8 cm³/mol. The molecule has 0 bridgehead atoms. The molecule has 23 heavy (non-hydrogen) atoms. The molecule has 0 atom stereocenters. The Morgan fingerprint density at radius 3 is 3.17 bits per heavy atom. The van der Waals surface area contributed by atoms with Gasteiger partial charge in [-0.2, -0.15) is 5.10 Å². The van der Waals surface area contributed by atoms with Gasteiger partial charge in [-0.1, -0.05) is 18.6 Å². The van der Waals surface area contributed by atoms with Crippen LogP contribution in [-0.2, 0) is 19.5 Å². The van der Waals surface area contributed by atoms with Crippen molar-refractivity contribution >= 4 is 16.8 Å². The zero-order valence-electron chi connectivity index (χ0n) is 12.7. The Bertz CT molecular complexity index is 849. The number of fused-ring (bicyclic) bond motifs is 2. The summed E-state index contributed by atoms with van der Waals surface area (Å²) >= 11 is 0. The minimum Gasteiger partial charge on any atom is -0.345 e. The Kier molecular flexibility index (Phi) is 3.53. The van der Waals surface area contributed by atoms with Crippen LogP contribution in [0.25, 0.3) is 10.9 Å². The van der Waals surface area contributed by atoms with E-state index >= 15 is 0 Å². The predicted octanol–water partition coefficient (Wildman–Crippen LogP) is 1.81. The maximum atomic E-state index is 12.5. The van der Waals surface area contributed by atoms with Crippen molar-refractivity contribution in [2.24, 2.45) is 0 Å². The molecule has 7 nitrogen and oxygen atoms in total. The van der Waals surface area contributed by atoms with Crippen LogP contribution in [0.1, 0.15) is 41.3 Å². The van der Waals surface area contributed by atoms with Gasteiger partial charge in [0.1, 0.15) is 5.82 Å². The Hall–Kier alpha value is -2.70. The van der Waals surface area contributed by atoms with Crippen molar-refractivity contribution in [3.63, 3.8) is 0 Å². The van der Waals surface area contributed by atoms with Crippen molar-refractivity contribution in [1.29, 1.82) is 0 Å². The van der Waals surface area contributed by atoms with E-state index in [9.17, 15) is 4.79 Å². The summed E-state index contributed by atoms with van der Waals surface area (Å²) in [5.41, 5.74) is 1.35. The highest BCUT2D eigenvalue weighted by molar-refractivity contribution is 6.05. The van der Waals surface area contributed by atoms with E-state index in [2.05, 4.69) is 30.3 Å². The number of carbonyl (C=O) groups is 1. The number of para-hydroxylation sites is 1. The number of aryl methyl sites for hydroxylation is 1. The molecule has 1 aromatic carbocycles. The van der Waals surface area contributed by atoms with Crippen molar-refractivity contribution in [3.05, 3.63) is 41.6 Å². The second kappa shape index (κ2) is 5.83. The lowest BCUT2D eigenvalue weighted by molar-refractivity contribution is 0.0951. The molecule has 1 aliphatic rings. The topological polar surface area (TPSA) is 88.5 Å². The second-order valence-corrected chi connectivity index (χ2v) is 5.82. The molecule has 0 aliphatic carbocycles. The van der Waals surface area contributed by atoms with Gasteiger partial charge in [-0.15, -0.1) is 10.2 Å². The highest BCUT2D eigenvalue weighted by Gasteiger charge is 2.16. The lowest BCUT2D eigenvalue weighted by atomic mass is 10.1. The van der Waals surface area contributed by atoms with Crippen LogP contribution in [0.4, 0.5) is 0 Å². The van der Waals surface area contributed by atoms with E-state index in [0.717, 1.165) is 48.4 Å². The highest BCUT2D eigenvalue weighted by atomic mass is 16.1. The minimum absolute atomic E-state index is 0.133. The first-order valence-electron chi connectivity index (χ1n) is 7.94. The largest absolute Gasteiger partial charge is 0.345 e. The van der Waals surface area contributed by atoms with Gasteiger partial charge < -0.3 is 9.88 Å². The van der Waals surface area contributed by atoms with E-state index in [1.54, 1.807) is 12.3 Å². The standard InChI is InChI=1S/C16H18N6O/c23-16(12-6-4-5-11-9-18-21-15(11)12)17-10-14-20-19-13-7-2-1-3-8-22(13)14/h4-6,9H,1-3,7-8,10H2,(H,17,23)(H,18,21). The zero-order chi connectivity index (χ0) is 15.6. The lowest BCUT2D eigenvalue weighted by Gasteiger charge is -2.08. The van der Waals surface area contributed by atoms with Crippen LogP contribution in [-0.4, -0.2) is 30.9 Å². The molecule has 0 fully saturated rings. The van der Waals surface area contributed by atoms with Gasteiger partial charge in [-0.3, -0.25) is 9.89 Å². The van der Waals surface area contributed by atoms with Gasteiger partial charge in [-0.05, 0) is 18.9 Å². The van der Waals surface area contributed by atoms with E-state index in [1.165, 1.54) is 6.42 Å². The first-order valence-corrected chi connectivity index (χ1v) is 7.94. The molecule has 2 aromatic heterocycles. The van der Waals surface area contributed by atoms with Gasteiger partial charge in [0.2, 0.25) is 0 Å². The third kappa shape index (κ3) is 2.58. The van der Waals surface area contributed by atoms with Crippen LogP contribution in [0.5, 0.6) is 0 Å². The summed E-state index contributed by atoms with van der Waals surface area (Å²) in [7, 11) is 0. The maximum Gasteiger partial charge on any atom is 0.253 e. The molecule has 0 spiro atoms. The summed E-state index contributed by atoms with van der Waals surface area (Å²) in [5.74, 6) is 1.72. The molecule has 3 aromatic rings. The number of aromatic amines is 1. The third-order valence-electron chi connectivity index (χ3n) is 4.31. The number of hydrogen-bond acceptors (Lipinski definition) is 4. The first-order chi connectivity index (χ1) is 11.3. The summed E-state index contributed by atoms with van der Waals surface area (Å²) in [6, 6.07) is 5.57. The summed E-state index contributed by atoms with van der Waals surface area (Å²) < 4.78 is 2.14. The van der Waals surface area contributed by atoms with Gasteiger partial charge in [0, 0.05) is 18.4 Å². The summed E-state index contributed by atoms with van der Waals surface area (Å²) in [6.07, 6.45) is 6.20. The molecule has 2 N–H and O–H groups in total. The molecule has 0 saturated carbocycles. The highest BCUT2D eigenvalue weighted by Crippen LogP contribution is 2.16. The molecule has 118 valence electrons. The molecule has 4 rings (SSSR count). The number of nitrogens with zero attached hydrogens (tertiary/aromatic N) is 4. The van der Waals surface area contributed by atoms with Crippen molar-refractivity contribution in [3.8, 4) is 0 Å². The molecule has 1 amide bonds. The van der Waals surface area contributed by atoms with Crippen LogP contribution in [0.3, 0.4) is 0 Å². The fraction of sp³-hybridized carbons (Fsp3) is 0.375. The van der Waals surface area contributed by atoms with Gasteiger partial charge in [0.25, 0.3) is 5.91 Å². The van der Waals surface area contributed by atoms with E-state index < -0.39 is 0 Å². The van der Waals surface area contributed by atoms with Crippen LogP contribution in [0.2, 0.25) is 0 Å². The Morgan fingerprint density at radius 1 is 1.26 bits per heavy atom. The number of rotatable bonds is 3. The normalized spacial score (nSPS) is 14.4. The number of hydrogen-bond donors (Lipinski definition) is 2. The Morgan fingerprint density at radius 2 is 2.22 bits per heavy atom. The van der Waals surface area contributed by atoms with E-state index in [0.29, 0.717) is 12.1 Å². The molecule has 7 heteroatoms. The number of amides is 1. The molecular weight excluding hydrogens is 292 g/mol. The number of nitrogens with one attached hydrogen (secondary N) is 2. The second-order valence-electron chi connectivity index (χ2n) is 5.82. The molecule has 3 heterocycles. The fourth-order valence-electron chi connectivity index (χ4n) is 3.09. The molecule has 0 radical (unpaired) electrons. The summed E-state index contributed by atoms with van der Waals surface area (Å²) in [6.45, 7) is 1.32. The van der Waals surface area contributed by atoms with Gasteiger partial charge in [0.05, 0.1) is 23.8 Å². The van der Waals surface area contributed by atoms with Crippen molar-refractivity contribution < 1.29 is 4.79 Å². The van der Waals surface area contributed by atoms with Gasteiger partial charge in [0.15, 0.2) is 5.82 Å². The molecule has 0 unspecified atom stereocenters. The van der Waals surface area contributed by atoms with E-state index in [4.69, 9.17) is 0 Å². The Labute approximate surface area is 133 Å². The number of carbonyl (C=O) groups excluding carboxylic acids is 1. The van der Waals surface area contributed by atoms with E-state index in [1.807, 2.05) is 12.1 Å². The molecule has 1 aliphatic heterocycles. The Balaban J connectivity index is 1.52. The fourth-order valence-corrected chi connectivity index (χ4v) is 3.09. The smallest absolute Gasteiger partial charge is 0.253 e. The van der Waals surface area contributed by atoms with Gasteiger partial charge >= 0.3 is 0 Å². The average molecular weight is 310 g/mol. The average Bonchev–Trinajstić information content (AvgIpc) is 3.13. The molecular formula is C16H18N6O. The monoisotopic (exact) mass is 310 g/mol. The SMILES string of the molecule is O=C(NCc1nnc2n1CCCCC2)c1cccc2cn[nH]c12. The third-order valence-corrected chi connectivity index (χ3v) is 4.31. The maximum absolute atomic E-state index is 12.5. The van der Waals surface area contributed by atoms with Gasteiger partial charge in [-0.25, -0.2) is 0 Å². The summed E-state index contributed by atoms with van der Waals surface area (Å²) in [4.78, 5) is 12.5. The lowest BCUT2D eigenvalue weighted by Crippen LogP contribution is -2.25. The molecule has 0 saturated heterocycles. The number of benzene rings is 1. The first kappa shape index (κ1) is 13.9. The van der Waals surface area contributed by atoms with Crippen LogP contribution >= 0.6 is 0 Å². The van der Waals surface area contributed by atoms with Crippen molar-refractivity contribution in [1.82, 2.24) is 30.3 Å². The van der Waals surface area contributed by atoms with Crippen LogP contribution in [0, 0.1) is 0 Å². The van der Waals surface area contributed by atoms with Crippen molar-refractivity contribution in [2.45, 2.75) is 38.8 Å². The van der Waals surface area contributed by atoms with Crippen molar-refractivity contribution in [2.75, 3.05) is 0 Å². The number of aromatic nitrogens is 5. The number of H-pyrrole nitrogens is 1.